The molecule has 0 aliphatic heterocycles. The van der Waals surface area contributed by atoms with Gasteiger partial charge in [-0.25, -0.2) is 4.39 Å². The molecule has 0 saturated heterocycles. The van der Waals surface area contributed by atoms with Crippen LogP contribution >= 0.6 is 0 Å². The predicted octanol–water partition coefficient (Wildman–Crippen LogP) is 3.15. The molecule has 6 heteroatoms. The smallest absolute Gasteiger partial charge is 0.261 e. The molecule has 2 aromatic carbocycles. The SMILES string of the molecule is CC(C)NC(=O)[C@@H](C)N(Cc1ccccc1F)C(=O)COc1ccccc1. The maximum atomic E-state index is 14.1. The maximum Gasteiger partial charge on any atom is 0.261 e. The molecular weight excluding hydrogens is 347 g/mol. The third kappa shape index (κ3) is 6.09. The summed E-state index contributed by atoms with van der Waals surface area (Å²) in [5.41, 5.74) is 0.342. The van der Waals surface area contributed by atoms with E-state index >= 15 is 0 Å². The van der Waals surface area contributed by atoms with Gasteiger partial charge in [0.1, 0.15) is 17.6 Å². The summed E-state index contributed by atoms with van der Waals surface area (Å²) in [4.78, 5) is 26.5. The lowest BCUT2D eigenvalue weighted by Gasteiger charge is -2.29. The van der Waals surface area contributed by atoms with Crippen LogP contribution in [0.1, 0.15) is 26.3 Å². The zero-order chi connectivity index (χ0) is 19.8. The van der Waals surface area contributed by atoms with E-state index in [1.165, 1.54) is 11.0 Å². The van der Waals surface area contributed by atoms with Crippen LogP contribution in [0.25, 0.3) is 0 Å². The highest BCUT2D eigenvalue weighted by Crippen LogP contribution is 2.14. The number of halogens is 1. The molecule has 0 aliphatic carbocycles. The fourth-order valence-electron chi connectivity index (χ4n) is 2.54. The van der Waals surface area contributed by atoms with Crippen molar-refractivity contribution in [1.82, 2.24) is 10.2 Å². The standard InChI is InChI=1S/C21H25FN2O3/c1-15(2)23-21(26)16(3)24(13-17-9-7-8-12-19(17)22)20(25)14-27-18-10-5-4-6-11-18/h4-12,15-16H,13-14H2,1-3H3,(H,23,26)/t16-/m1/s1. The highest BCUT2D eigenvalue weighted by molar-refractivity contribution is 5.88. The van der Waals surface area contributed by atoms with Gasteiger partial charge in [0.05, 0.1) is 0 Å². The average molecular weight is 372 g/mol. The number of hydrogen-bond acceptors (Lipinski definition) is 3. The Bertz CT molecular complexity index is 765. The van der Waals surface area contributed by atoms with Crippen molar-refractivity contribution in [3.8, 4) is 5.75 Å². The number of para-hydroxylation sites is 1. The van der Waals surface area contributed by atoms with Crippen LogP contribution in [0, 0.1) is 5.82 Å². The van der Waals surface area contributed by atoms with Crippen molar-refractivity contribution in [3.63, 3.8) is 0 Å². The third-order valence-corrected chi connectivity index (χ3v) is 4.00. The molecule has 5 nitrogen and oxygen atoms in total. The van der Waals surface area contributed by atoms with Gasteiger partial charge < -0.3 is 15.0 Å². The predicted molar refractivity (Wildman–Crippen MR) is 102 cm³/mol. The van der Waals surface area contributed by atoms with Crippen molar-refractivity contribution >= 4 is 11.8 Å². The number of carbonyl (C=O) groups is 2. The first-order valence-electron chi connectivity index (χ1n) is 8.89. The van der Waals surface area contributed by atoms with Crippen molar-refractivity contribution in [2.75, 3.05) is 6.61 Å². The van der Waals surface area contributed by atoms with Gasteiger partial charge in [0, 0.05) is 18.2 Å². The largest absolute Gasteiger partial charge is 0.484 e. The molecule has 2 rings (SSSR count). The highest BCUT2D eigenvalue weighted by atomic mass is 19.1. The van der Waals surface area contributed by atoms with Crippen LogP contribution in [-0.4, -0.2) is 35.4 Å². The summed E-state index contributed by atoms with van der Waals surface area (Å²) < 4.78 is 19.6. The van der Waals surface area contributed by atoms with Crippen LogP contribution in [0.5, 0.6) is 5.75 Å². The number of ether oxygens (including phenoxy) is 1. The Kier molecular flexibility index (Phi) is 7.34. The molecule has 0 spiro atoms. The topological polar surface area (TPSA) is 58.6 Å². The number of benzene rings is 2. The van der Waals surface area contributed by atoms with Gasteiger partial charge >= 0.3 is 0 Å². The van der Waals surface area contributed by atoms with Gasteiger partial charge in [0.25, 0.3) is 5.91 Å². The van der Waals surface area contributed by atoms with Gasteiger partial charge in [0.15, 0.2) is 6.61 Å². The fraction of sp³-hybridized carbons (Fsp3) is 0.333. The summed E-state index contributed by atoms with van der Waals surface area (Å²) >= 11 is 0. The first-order valence-corrected chi connectivity index (χ1v) is 8.89. The summed E-state index contributed by atoms with van der Waals surface area (Å²) in [5, 5.41) is 2.78. The summed E-state index contributed by atoms with van der Waals surface area (Å²) in [5.74, 6) is -0.561. The number of rotatable bonds is 8. The molecule has 27 heavy (non-hydrogen) atoms. The van der Waals surface area contributed by atoms with Gasteiger partial charge in [-0.2, -0.15) is 0 Å². The van der Waals surface area contributed by atoms with E-state index in [2.05, 4.69) is 5.32 Å². The molecule has 0 saturated carbocycles. The van der Waals surface area contributed by atoms with E-state index in [1.807, 2.05) is 19.9 Å². The summed E-state index contributed by atoms with van der Waals surface area (Å²) in [6, 6.07) is 14.3. The van der Waals surface area contributed by atoms with E-state index in [4.69, 9.17) is 4.74 Å². The molecule has 2 amide bonds. The molecule has 1 atom stereocenters. The minimum Gasteiger partial charge on any atom is -0.484 e. The Morgan fingerprint density at radius 1 is 1.04 bits per heavy atom. The van der Waals surface area contributed by atoms with E-state index in [1.54, 1.807) is 49.4 Å². The number of nitrogens with one attached hydrogen (secondary N) is 1. The van der Waals surface area contributed by atoms with E-state index in [-0.39, 0.29) is 25.1 Å². The molecule has 2 aromatic rings. The lowest BCUT2D eigenvalue weighted by molar-refractivity contribution is -0.142. The second-order valence-corrected chi connectivity index (χ2v) is 6.55. The molecule has 0 aromatic heterocycles. The van der Waals surface area contributed by atoms with Crippen LogP contribution in [0.3, 0.4) is 0 Å². The van der Waals surface area contributed by atoms with Crippen molar-refractivity contribution < 1.29 is 18.7 Å². The minimum absolute atomic E-state index is 0.0175. The number of amides is 2. The minimum atomic E-state index is -0.765. The zero-order valence-electron chi connectivity index (χ0n) is 15.8. The van der Waals surface area contributed by atoms with E-state index in [0.717, 1.165) is 0 Å². The van der Waals surface area contributed by atoms with E-state index < -0.39 is 17.8 Å². The molecule has 144 valence electrons. The van der Waals surface area contributed by atoms with Crippen LogP contribution in [0.4, 0.5) is 4.39 Å². The first-order chi connectivity index (χ1) is 12.9. The Morgan fingerprint density at radius 2 is 1.67 bits per heavy atom. The monoisotopic (exact) mass is 372 g/mol. The maximum absolute atomic E-state index is 14.1. The quantitative estimate of drug-likeness (QED) is 0.774. The van der Waals surface area contributed by atoms with Gasteiger partial charge in [0.2, 0.25) is 5.91 Å². The number of carbonyl (C=O) groups excluding carboxylic acids is 2. The van der Waals surface area contributed by atoms with Gasteiger partial charge in [-0.15, -0.1) is 0 Å². The van der Waals surface area contributed by atoms with Crippen LogP contribution in [0.2, 0.25) is 0 Å². The number of hydrogen-bond donors (Lipinski definition) is 1. The van der Waals surface area contributed by atoms with Crippen molar-refractivity contribution in [3.05, 3.63) is 66.0 Å². The molecule has 0 radical (unpaired) electrons. The van der Waals surface area contributed by atoms with Crippen LogP contribution in [0.15, 0.2) is 54.6 Å². The van der Waals surface area contributed by atoms with Crippen molar-refractivity contribution in [1.29, 1.82) is 0 Å². The first kappa shape index (κ1) is 20.4. The Hall–Kier alpha value is -2.89. The molecule has 0 heterocycles. The van der Waals surface area contributed by atoms with Gasteiger partial charge in [-0.3, -0.25) is 9.59 Å². The Labute approximate surface area is 159 Å². The average Bonchev–Trinajstić information content (AvgIpc) is 2.65. The molecule has 0 aliphatic rings. The molecular formula is C21H25FN2O3. The highest BCUT2D eigenvalue weighted by Gasteiger charge is 2.27. The second kappa shape index (κ2) is 9.71. The number of nitrogens with zero attached hydrogens (tertiary/aromatic N) is 1. The summed E-state index contributed by atoms with van der Waals surface area (Å²) in [7, 11) is 0. The normalized spacial score (nSPS) is 11.7. The molecule has 0 bridgehead atoms. The molecule has 0 fully saturated rings. The van der Waals surface area contributed by atoms with E-state index in [9.17, 15) is 14.0 Å². The fourth-order valence-corrected chi connectivity index (χ4v) is 2.54. The van der Waals surface area contributed by atoms with E-state index in [0.29, 0.717) is 11.3 Å². The van der Waals surface area contributed by atoms with Crippen molar-refractivity contribution in [2.24, 2.45) is 0 Å². The lowest BCUT2D eigenvalue weighted by Crippen LogP contribution is -2.50. The Balaban J connectivity index is 2.15. The summed E-state index contributed by atoms with van der Waals surface area (Å²) in [6.07, 6.45) is 0. The Morgan fingerprint density at radius 3 is 2.30 bits per heavy atom. The lowest BCUT2D eigenvalue weighted by atomic mass is 10.1. The van der Waals surface area contributed by atoms with Crippen LogP contribution < -0.4 is 10.1 Å². The van der Waals surface area contributed by atoms with Gasteiger partial charge in [-0.1, -0.05) is 36.4 Å². The second-order valence-electron chi connectivity index (χ2n) is 6.55. The molecule has 1 N–H and O–H groups in total. The molecule has 0 unspecified atom stereocenters. The third-order valence-electron chi connectivity index (χ3n) is 4.00. The zero-order valence-corrected chi connectivity index (χ0v) is 15.8. The van der Waals surface area contributed by atoms with Gasteiger partial charge in [-0.05, 0) is 39.0 Å². The van der Waals surface area contributed by atoms with Crippen molar-refractivity contribution in [2.45, 2.75) is 39.4 Å². The summed E-state index contributed by atoms with van der Waals surface area (Å²) in [6.45, 7) is 5.05. The van der Waals surface area contributed by atoms with Crippen LogP contribution in [-0.2, 0) is 16.1 Å².